The van der Waals surface area contributed by atoms with Gasteiger partial charge in [-0.3, -0.25) is 9.69 Å². The summed E-state index contributed by atoms with van der Waals surface area (Å²) in [4.78, 5) is 25.6. The van der Waals surface area contributed by atoms with E-state index in [0.29, 0.717) is 0 Å². The van der Waals surface area contributed by atoms with Gasteiger partial charge >= 0.3 is 12.3 Å². The molecule has 2 unspecified atom stereocenters. The van der Waals surface area contributed by atoms with Crippen LogP contribution >= 0.6 is 0 Å². The van der Waals surface area contributed by atoms with Crippen LogP contribution in [0.4, 0.5) is 18.0 Å². The fourth-order valence-electron chi connectivity index (χ4n) is 2.64. The second-order valence-corrected chi connectivity index (χ2v) is 7.04. The minimum atomic E-state index is -4.49. The predicted octanol–water partition coefficient (Wildman–Crippen LogP) is 3.50. The number of hydrogen-bond acceptors (Lipinski definition) is 3. The number of rotatable bonds is 3. The van der Waals surface area contributed by atoms with Gasteiger partial charge in [0.15, 0.2) is 0 Å². The highest BCUT2D eigenvalue weighted by molar-refractivity contribution is 5.86. The van der Waals surface area contributed by atoms with Gasteiger partial charge in [-0.2, -0.15) is 13.2 Å². The van der Waals surface area contributed by atoms with Gasteiger partial charge in [0, 0.05) is 5.54 Å². The van der Waals surface area contributed by atoms with Crippen LogP contribution in [0.15, 0.2) is 24.3 Å². The molecule has 1 aliphatic rings. The quantitative estimate of drug-likeness (QED) is 0.900. The van der Waals surface area contributed by atoms with Crippen molar-refractivity contribution < 1.29 is 27.5 Å². The maximum atomic E-state index is 12.9. The molecule has 0 saturated carbocycles. The van der Waals surface area contributed by atoms with Crippen LogP contribution in [0.2, 0.25) is 0 Å². The number of ether oxygens (including phenoxy) is 1. The molecule has 0 bridgehead atoms. The summed E-state index contributed by atoms with van der Waals surface area (Å²) < 4.78 is 43.8. The Morgan fingerprint density at radius 2 is 1.96 bits per heavy atom. The first-order valence-electron chi connectivity index (χ1n) is 7.84. The van der Waals surface area contributed by atoms with E-state index in [2.05, 4.69) is 5.32 Å². The third-order valence-corrected chi connectivity index (χ3v) is 3.80. The van der Waals surface area contributed by atoms with Gasteiger partial charge in [0.05, 0.1) is 11.6 Å². The smallest absolute Gasteiger partial charge is 0.416 e. The van der Waals surface area contributed by atoms with Gasteiger partial charge in [0.1, 0.15) is 12.6 Å². The number of amides is 2. The summed E-state index contributed by atoms with van der Waals surface area (Å²) in [6.45, 7) is 6.81. The highest BCUT2D eigenvalue weighted by atomic mass is 19.4. The first-order valence-corrected chi connectivity index (χ1v) is 7.84. The molecule has 2 amide bonds. The zero-order valence-electron chi connectivity index (χ0n) is 14.5. The number of hydrogen-bond donors (Lipinski definition) is 1. The highest BCUT2D eigenvalue weighted by Crippen LogP contribution is 2.34. The number of carbonyl (C=O) groups is 2. The van der Waals surface area contributed by atoms with E-state index in [9.17, 15) is 22.8 Å². The number of halogens is 3. The molecule has 138 valence electrons. The van der Waals surface area contributed by atoms with Gasteiger partial charge in [0.25, 0.3) is 0 Å². The number of cyclic esters (lactones) is 1. The first kappa shape index (κ1) is 19.1. The van der Waals surface area contributed by atoms with Crippen molar-refractivity contribution in [3.8, 4) is 0 Å². The maximum absolute atomic E-state index is 12.9. The largest absolute Gasteiger partial charge is 0.447 e. The lowest BCUT2D eigenvalue weighted by Crippen LogP contribution is -2.51. The Bertz CT molecular complexity index is 668. The normalized spacial score (nSPS) is 19.6. The minimum Gasteiger partial charge on any atom is -0.447 e. The molecule has 8 heteroatoms. The van der Waals surface area contributed by atoms with Crippen molar-refractivity contribution in [2.45, 2.75) is 51.5 Å². The molecule has 5 nitrogen and oxygen atoms in total. The molecule has 1 aromatic rings. The van der Waals surface area contributed by atoms with E-state index in [0.717, 1.165) is 12.1 Å². The summed E-state index contributed by atoms with van der Waals surface area (Å²) in [5, 5.41) is 2.76. The topological polar surface area (TPSA) is 58.6 Å². The van der Waals surface area contributed by atoms with Crippen LogP contribution in [0, 0.1) is 0 Å². The Morgan fingerprint density at radius 3 is 2.52 bits per heavy atom. The summed E-state index contributed by atoms with van der Waals surface area (Å²) >= 11 is 0. The van der Waals surface area contributed by atoms with E-state index in [1.165, 1.54) is 24.0 Å². The van der Waals surface area contributed by atoms with Crippen LogP contribution < -0.4 is 5.32 Å². The van der Waals surface area contributed by atoms with Gasteiger partial charge in [-0.15, -0.1) is 0 Å². The Balaban J connectivity index is 2.29. The zero-order chi connectivity index (χ0) is 19.0. The van der Waals surface area contributed by atoms with Crippen LogP contribution in [0.25, 0.3) is 0 Å². The fraction of sp³-hybridized carbons (Fsp3) is 0.529. The predicted molar refractivity (Wildman–Crippen MR) is 84.7 cm³/mol. The van der Waals surface area contributed by atoms with E-state index in [-0.39, 0.29) is 12.2 Å². The molecular formula is C17H21F3N2O3. The van der Waals surface area contributed by atoms with Crippen molar-refractivity contribution in [1.82, 2.24) is 10.2 Å². The van der Waals surface area contributed by atoms with Crippen LogP contribution in [0.5, 0.6) is 0 Å². The molecule has 1 aromatic carbocycles. The average Bonchev–Trinajstić information content (AvgIpc) is 2.85. The van der Waals surface area contributed by atoms with E-state index in [4.69, 9.17) is 4.74 Å². The van der Waals surface area contributed by atoms with Gasteiger partial charge in [0.2, 0.25) is 5.91 Å². The Hall–Kier alpha value is -2.25. The van der Waals surface area contributed by atoms with Crippen molar-refractivity contribution in [2.24, 2.45) is 0 Å². The van der Waals surface area contributed by atoms with Crippen LogP contribution in [-0.2, 0) is 15.7 Å². The lowest BCUT2D eigenvalue weighted by molar-refractivity contribution is -0.137. The number of nitrogens with zero attached hydrogens (tertiary/aromatic N) is 1. The summed E-state index contributed by atoms with van der Waals surface area (Å²) in [5.74, 6) is -0.400. The van der Waals surface area contributed by atoms with Gasteiger partial charge in [-0.05, 0) is 45.4 Å². The zero-order valence-corrected chi connectivity index (χ0v) is 14.5. The Labute approximate surface area is 144 Å². The second kappa shape index (κ2) is 6.57. The van der Waals surface area contributed by atoms with Gasteiger partial charge in [-0.25, -0.2) is 4.79 Å². The molecule has 0 spiro atoms. The molecule has 1 N–H and O–H groups in total. The van der Waals surface area contributed by atoms with Crippen molar-refractivity contribution in [1.29, 1.82) is 0 Å². The summed E-state index contributed by atoms with van der Waals surface area (Å²) in [6, 6.07) is 3.07. The van der Waals surface area contributed by atoms with E-state index in [1.807, 2.05) is 0 Å². The molecule has 0 aromatic heterocycles. The molecule has 1 aliphatic heterocycles. The van der Waals surface area contributed by atoms with Crippen molar-refractivity contribution >= 4 is 12.0 Å². The SMILES string of the molecule is CC(C(=O)NC(C)(C)C)N1C(=O)OCC1c1cccc(C(F)(F)F)c1. The van der Waals surface area contributed by atoms with Crippen LogP contribution in [0.3, 0.4) is 0 Å². The summed E-state index contributed by atoms with van der Waals surface area (Å²) in [7, 11) is 0. The van der Waals surface area contributed by atoms with E-state index < -0.39 is 41.4 Å². The van der Waals surface area contributed by atoms with E-state index in [1.54, 1.807) is 20.8 Å². The molecule has 25 heavy (non-hydrogen) atoms. The number of benzene rings is 1. The van der Waals surface area contributed by atoms with Gasteiger partial charge < -0.3 is 10.1 Å². The molecule has 2 rings (SSSR count). The number of carbonyl (C=O) groups excluding carboxylic acids is 2. The molecule has 1 fully saturated rings. The van der Waals surface area contributed by atoms with Crippen LogP contribution in [-0.4, -0.2) is 35.1 Å². The molecule has 2 atom stereocenters. The van der Waals surface area contributed by atoms with Crippen molar-refractivity contribution in [2.75, 3.05) is 6.61 Å². The second-order valence-electron chi connectivity index (χ2n) is 7.04. The van der Waals surface area contributed by atoms with Crippen molar-refractivity contribution in [3.63, 3.8) is 0 Å². The molecule has 1 heterocycles. The monoisotopic (exact) mass is 358 g/mol. The lowest BCUT2D eigenvalue weighted by atomic mass is 10.0. The third kappa shape index (κ3) is 4.43. The first-order chi connectivity index (χ1) is 11.4. The summed E-state index contributed by atoms with van der Waals surface area (Å²) in [6.07, 6.45) is -5.21. The molecular weight excluding hydrogens is 337 g/mol. The Kier molecular flexibility index (Phi) is 5.02. The third-order valence-electron chi connectivity index (χ3n) is 3.80. The maximum Gasteiger partial charge on any atom is 0.416 e. The average molecular weight is 358 g/mol. The standard InChI is InChI=1S/C17H21F3N2O3/c1-10(14(23)21-16(2,3)4)22-13(9-25-15(22)24)11-6-5-7-12(8-11)17(18,19)20/h5-8,10,13H,9H2,1-4H3,(H,21,23). The summed E-state index contributed by atoms with van der Waals surface area (Å²) in [5.41, 5.74) is -1.03. The minimum absolute atomic E-state index is 0.104. The molecule has 0 aliphatic carbocycles. The highest BCUT2D eigenvalue weighted by Gasteiger charge is 2.41. The number of nitrogens with one attached hydrogen (secondary N) is 1. The van der Waals surface area contributed by atoms with E-state index >= 15 is 0 Å². The van der Waals surface area contributed by atoms with Gasteiger partial charge in [-0.1, -0.05) is 12.1 Å². The number of alkyl halides is 3. The molecule has 1 saturated heterocycles. The van der Waals surface area contributed by atoms with Crippen molar-refractivity contribution in [3.05, 3.63) is 35.4 Å². The fourth-order valence-corrected chi connectivity index (χ4v) is 2.64. The lowest BCUT2D eigenvalue weighted by Gasteiger charge is -2.30. The van der Waals surface area contributed by atoms with Crippen LogP contribution in [0.1, 0.15) is 44.9 Å². The molecule has 0 radical (unpaired) electrons. The Morgan fingerprint density at radius 1 is 1.32 bits per heavy atom.